The molecule has 17 heavy (non-hydrogen) atoms. The molecule has 1 aliphatic rings. The van der Waals surface area contributed by atoms with Gasteiger partial charge >= 0.3 is 0 Å². The Bertz CT molecular complexity index is 608. The summed E-state index contributed by atoms with van der Waals surface area (Å²) in [7, 11) is 0. The molecule has 3 rings (SSSR count). The zero-order chi connectivity index (χ0) is 12.0. The van der Waals surface area contributed by atoms with Gasteiger partial charge in [0.05, 0.1) is 11.4 Å². The van der Waals surface area contributed by atoms with Crippen molar-refractivity contribution in [1.82, 2.24) is 9.78 Å². The van der Waals surface area contributed by atoms with Crippen molar-refractivity contribution in [3.63, 3.8) is 0 Å². The molecule has 0 bridgehead atoms. The Kier molecular flexibility index (Phi) is 2.26. The van der Waals surface area contributed by atoms with Crippen molar-refractivity contribution in [1.29, 1.82) is 0 Å². The minimum atomic E-state index is -0.186. The number of hydrogen-bond acceptors (Lipinski definition) is 2. The second-order valence-electron chi connectivity index (χ2n) is 4.33. The number of H-pyrrole nitrogens is 1. The number of benzene rings is 1. The van der Waals surface area contributed by atoms with E-state index in [0.29, 0.717) is 16.6 Å². The fraction of sp³-hybridized carbons (Fsp3) is 0.250. The molecule has 1 heterocycles. The van der Waals surface area contributed by atoms with Crippen LogP contribution in [0.5, 0.6) is 0 Å². The van der Waals surface area contributed by atoms with E-state index in [1.165, 1.54) is 4.68 Å². The molecule has 0 saturated heterocycles. The van der Waals surface area contributed by atoms with Crippen LogP contribution in [0.15, 0.2) is 29.1 Å². The molecule has 1 aromatic heterocycles. The van der Waals surface area contributed by atoms with Crippen LogP contribution in [0.4, 0.5) is 5.69 Å². The molecule has 0 spiro atoms. The topological polar surface area (TPSA) is 63.8 Å². The maximum Gasteiger partial charge on any atom is 0.294 e. The molecule has 0 radical (unpaired) electrons. The fourth-order valence-corrected chi connectivity index (χ4v) is 2.05. The van der Waals surface area contributed by atoms with Gasteiger partial charge in [-0.2, -0.15) is 0 Å². The third-order valence-corrected chi connectivity index (χ3v) is 3.28. The van der Waals surface area contributed by atoms with Crippen LogP contribution in [0.2, 0.25) is 5.02 Å². The highest BCUT2D eigenvalue weighted by Gasteiger charge is 2.29. The molecule has 1 saturated carbocycles. The first-order chi connectivity index (χ1) is 8.16. The van der Waals surface area contributed by atoms with E-state index in [1.54, 1.807) is 24.3 Å². The van der Waals surface area contributed by atoms with Crippen LogP contribution >= 0.6 is 11.6 Å². The van der Waals surface area contributed by atoms with E-state index in [2.05, 4.69) is 5.10 Å². The van der Waals surface area contributed by atoms with Gasteiger partial charge in [0.2, 0.25) is 0 Å². The summed E-state index contributed by atoms with van der Waals surface area (Å²) in [5, 5.41) is 3.73. The average molecular weight is 250 g/mol. The first-order valence-corrected chi connectivity index (χ1v) is 5.91. The zero-order valence-electron chi connectivity index (χ0n) is 9.11. The van der Waals surface area contributed by atoms with Crippen molar-refractivity contribution >= 4 is 17.3 Å². The van der Waals surface area contributed by atoms with Crippen LogP contribution in [0, 0.1) is 0 Å². The van der Waals surface area contributed by atoms with Crippen LogP contribution in [0.25, 0.3) is 5.69 Å². The van der Waals surface area contributed by atoms with E-state index >= 15 is 0 Å². The molecule has 0 unspecified atom stereocenters. The maximum atomic E-state index is 12.0. The van der Waals surface area contributed by atoms with Crippen molar-refractivity contribution in [2.45, 2.75) is 18.8 Å². The van der Waals surface area contributed by atoms with E-state index in [1.807, 2.05) is 0 Å². The summed E-state index contributed by atoms with van der Waals surface area (Å²) in [5.74, 6) is 0.427. The molecular weight excluding hydrogens is 238 g/mol. The van der Waals surface area contributed by atoms with Gasteiger partial charge in [-0.15, -0.1) is 0 Å². The number of nitrogen functional groups attached to an aromatic ring is 1. The number of aromatic amines is 1. The first-order valence-electron chi connectivity index (χ1n) is 5.53. The summed E-state index contributed by atoms with van der Waals surface area (Å²) in [6.07, 6.45) is 2.20. The molecular formula is C12H12ClN3O. The Morgan fingerprint density at radius 2 is 1.94 bits per heavy atom. The molecule has 1 aliphatic carbocycles. The number of rotatable bonds is 2. The van der Waals surface area contributed by atoms with Gasteiger partial charge in [0.1, 0.15) is 5.69 Å². The van der Waals surface area contributed by atoms with Gasteiger partial charge in [0.25, 0.3) is 5.56 Å². The summed E-state index contributed by atoms with van der Waals surface area (Å²) in [4.78, 5) is 12.0. The number of anilines is 1. The monoisotopic (exact) mass is 249 g/mol. The van der Waals surface area contributed by atoms with E-state index in [9.17, 15) is 4.79 Å². The highest BCUT2D eigenvalue weighted by Crippen LogP contribution is 2.40. The van der Waals surface area contributed by atoms with Crippen LogP contribution in [-0.4, -0.2) is 9.78 Å². The lowest BCUT2D eigenvalue weighted by molar-refractivity contribution is 0.816. The number of halogens is 1. The quantitative estimate of drug-likeness (QED) is 0.858. The Labute approximate surface area is 103 Å². The largest absolute Gasteiger partial charge is 0.393 e. The van der Waals surface area contributed by atoms with Crippen LogP contribution in [0.1, 0.15) is 24.5 Å². The number of nitrogens with two attached hydrogens (primary N) is 1. The van der Waals surface area contributed by atoms with Gasteiger partial charge in [0.15, 0.2) is 0 Å². The summed E-state index contributed by atoms with van der Waals surface area (Å²) in [6.45, 7) is 0. The van der Waals surface area contributed by atoms with Crippen LogP contribution < -0.4 is 11.3 Å². The van der Waals surface area contributed by atoms with Crippen molar-refractivity contribution in [2.75, 3.05) is 5.73 Å². The Morgan fingerprint density at radius 1 is 1.29 bits per heavy atom. The van der Waals surface area contributed by atoms with E-state index in [-0.39, 0.29) is 5.56 Å². The van der Waals surface area contributed by atoms with E-state index < -0.39 is 0 Å². The van der Waals surface area contributed by atoms with Crippen LogP contribution in [-0.2, 0) is 0 Å². The number of nitrogens with zero attached hydrogens (tertiary/aromatic N) is 1. The molecule has 1 aromatic carbocycles. The zero-order valence-corrected chi connectivity index (χ0v) is 9.87. The fourth-order valence-electron chi connectivity index (χ4n) is 1.92. The molecule has 0 amide bonds. The molecule has 3 N–H and O–H groups in total. The molecule has 1 fully saturated rings. The maximum absolute atomic E-state index is 12.0. The number of hydrogen-bond donors (Lipinski definition) is 2. The molecule has 4 nitrogen and oxygen atoms in total. The van der Waals surface area contributed by atoms with E-state index in [0.717, 1.165) is 24.2 Å². The first kappa shape index (κ1) is 10.5. The van der Waals surface area contributed by atoms with Gasteiger partial charge in [-0.25, -0.2) is 4.68 Å². The summed E-state index contributed by atoms with van der Waals surface area (Å²) in [6, 6.07) is 7.07. The Hall–Kier alpha value is -1.68. The van der Waals surface area contributed by atoms with Gasteiger partial charge in [0, 0.05) is 10.9 Å². The third kappa shape index (κ3) is 1.74. The van der Waals surface area contributed by atoms with Crippen molar-refractivity contribution in [2.24, 2.45) is 0 Å². The highest BCUT2D eigenvalue weighted by atomic mass is 35.5. The molecule has 2 aromatic rings. The second kappa shape index (κ2) is 3.67. The van der Waals surface area contributed by atoms with Crippen LogP contribution in [0.3, 0.4) is 0 Å². The predicted octanol–water partition coefficient (Wildman–Crippen LogP) is 2.28. The summed E-state index contributed by atoms with van der Waals surface area (Å²) in [5.41, 5.74) is 7.58. The molecule has 88 valence electrons. The Morgan fingerprint density at radius 3 is 2.53 bits per heavy atom. The molecule has 0 aliphatic heterocycles. The standard InChI is InChI=1S/C12H12ClN3O/c13-8-3-5-9(6-4-8)16-12(17)10(14)11(15-16)7-1-2-7/h3-7,15H,1-2,14H2. The SMILES string of the molecule is Nc1c(C2CC2)[nH]n(-c2ccc(Cl)cc2)c1=O. The lowest BCUT2D eigenvalue weighted by Gasteiger charge is -2.01. The predicted molar refractivity (Wildman–Crippen MR) is 67.8 cm³/mol. The summed E-state index contributed by atoms with van der Waals surface area (Å²) >= 11 is 5.81. The smallest absolute Gasteiger partial charge is 0.294 e. The third-order valence-electron chi connectivity index (χ3n) is 3.03. The molecule has 0 atom stereocenters. The van der Waals surface area contributed by atoms with Gasteiger partial charge in [-0.05, 0) is 37.1 Å². The highest BCUT2D eigenvalue weighted by molar-refractivity contribution is 6.30. The number of aromatic nitrogens is 2. The van der Waals surface area contributed by atoms with Crippen molar-refractivity contribution < 1.29 is 0 Å². The second-order valence-corrected chi connectivity index (χ2v) is 4.77. The number of nitrogens with one attached hydrogen (secondary N) is 1. The van der Waals surface area contributed by atoms with Gasteiger partial charge < -0.3 is 5.73 Å². The lowest BCUT2D eigenvalue weighted by Crippen LogP contribution is -2.16. The van der Waals surface area contributed by atoms with Crippen molar-refractivity contribution in [3.05, 3.63) is 45.3 Å². The lowest BCUT2D eigenvalue weighted by atomic mass is 10.3. The van der Waals surface area contributed by atoms with Gasteiger partial charge in [-0.1, -0.05) is 11.6 Å². The summed E-state index contributed by atoms with van der Waals surface area (Å²) < 4.78 is 1.47. The van der Waals surface area contributed by atoms with Crippen molar-refractivity contribution in [3.8, 4) is 5.69 Å². The van der Waals surface area contributed by atoms with Gasteiger partial charge in [-0.3, -0.25) is 9.89 Å². The minimum absolute atomic E-state index is 0.186. The van der Waals surface area contributed by atoms with E-state index in [4.69, 9.17) is 17.3 Å². The normalized spacial score (nSPS) is 15.1. The minimum Gasteiger partial charge on any atom is -0.393 e. The molecule has 5 heteroatoms. The Balaban J connectivity index is 2.11. The average Bonchev–Trinajstić information content (AvgIpc) is 3.11.